The van der Waals surface area contributed by atoms with E-state index in [0.717, 1.165) is 18.8 Å². The van der Waals surface area contributed by atoms with Crippen LogP contribution in [0.25, 0.3) is 0 Å². The van der Waals surface area contributed by atoms with Crippen LogP contribution < -0.4 is 9.80 Å². The number of hydrogen-bond acceptors (Lipinski definition) is 3. The monoisotopic (exact) mass is 296 g/mol. The first kappa shape index (κ1) is 16.4. The molecule has 2 heterocycles. The molecule has 1 fully saturated rings. The molecule has 0 aliphatic carbocycles. The minimum Gasteiger partial charge on any atom is -0.328 e. The molecule has 0 aromatic carbocycles. The second-order valence-corrected chi connectivity index (χ2v) is 6.90. The van der Waals surface area contributed by atoms with Gasteiger partial charge in [-0.25, -0.2) is 4.68 Å². The number of nitrogens with one attached hydrogen (secondary N) is 2. The zero-order valence-electron chi connectivity index (χ0n) is 14.1. The number of tetrazole rings is 1. The molecule has 2 rings (SSSR count). The molecule has 0 spiro atoms. The number of quaternary nitrogens is 2. The van der Waals surface area contributed by atoms with E-state index in [1.807, 2.05) is 0 Å². The largest absolute Gasteiger partial charge is 0.328 e. The molecule has 1 atom stereocenters. The van der Waals surface area contributed by atoms with Gasteiger partial charge in [-0.3, -0.25) is 0 Å². The van der Waals surface area contributed by atoms with Gasteiger partial charge in [0.1, 0.15) is 32.2 Å². The Hall–Kier alpha value is -1.01. The summed E-state index contributed by atoms with van der Waals surface area (Å²) in [5, 5.41) is 12.6. The van der Waals surface area contributed by atoms with Gasteiger partial charge in [-0.05, 0) is 22.8 Å². The molecule has 2 N–H and O–H groups in total. The highest BCUT2D eigenvalue weighted by Gasteiger charge is 2.32. The van der Waals surface area contributed by atoms with Gasteiger partial charge in [0.25, 0.3) is 0 Å². The third-order valence-electron chi connectivity index (χ3n) is 4.61. The maximum absolute atomic E-state index is 4.38. The van der Waals surface area contributed by atoms with Crippen molar-refractivity contribution in [3.8, 4) is 0 Å². The van der Waals surface area contributed by atoms with Crippen molar-refractivity contribution in [2.45, 2.75) is 52.6 Å². The van der Waals surface area contributed by atoms with Crippen molar-refractivity contribution in [2.24, 2.45) is 5.92 Å². The molecule has 120 valence electrons. The molecule has 0 unspecified atom stereocenters. The summed E-state index contributed by atoms with van der Waals surface area (Å²) in [6.45, 7) is 12.7. The molecule has 6 nitrogen and oxygen atoms in total. The van der Waals surface area contributed by atoms with Crippen LogP contribution in [0.5, 0.6) is 0 Å². The number of hydrogen-bond donors (Lipinski definition) is 2. The van der Waals surface area contributed by atoms with Crippen LogP contribution in [0.3, 0.4) is 0 Å². The van der Waals surface area contributed by atoms with Crippen LogP contribution in [0.2, 0.25) is 0 Å². The van der Waals surface area contributed by atoms with E-state index in [1.54, 1.807) is 9.80 Å². The summed E-state index contributed by atoms with van der Waals surface area (Å²) in [6, 6.07) is 0.463. The van der Waals surface area contributed by atoms with Gasteiger partial charge >= 0.3 is 0 Å². The lowest BCUT2D eigenvalue weighted by Gasteiger charge is -2.32. The van der Waals surface area contributed by atoms with Gasteiger partial charge in [0.15, 0.2) is 0 Å². The average Bonchev–Trinajstić information content (AvgIpc) is 2.92. The van der Waals surface area contributed by atoms with Crippen molar-refractivity contribution in [3.63, 3.8) is 0 Å². The molecule has 1 aliphatic heterocycles. The summed E-state index contributed by atoms with van der Waals surface area (Å²) in [5.41, 5.74) is 0. The van der Waals surface area contributed by atoms with E-state index in [1.165, 1.54) is 39.0 Å². The van der Waals surface area contributed by atoms with Crippen LogP contribution in [0.15, 0.2) is 0 Å². The first-order valence-corrected chi connectivity index (χ1v) is 8.53. The van der Waals surface area contributed by atoms with Gasteiger partial charge < -0.3 is 9.80 Å². The van der Waals surface area contributed by atoms with Crippen molar-refractivity contribution < 1.29 is 9.80 Å². The van der Waals surface area contributed by atoms with E-state index in [2.05, 4.69) is 48.0 Å². The molecular formula is C15H32N6+2. The lowest BCUT2D eigenvalue weighted by atomic mass is 10.1. The Morgan fingerprint density at radius 2 is 1.86 bits per heavy atom. The third-order valence-corrected chi connectivity index (χ3v) is 4.61. The van der Waals surface area contributed by atoms with Crippen LogP contribution >= 0.6 is 0 Å². The van der Waals surface area contributed by atoms with E-state index in [0.29, 0.717) is 12.0 Å². The summed E-state index contributed by atoms with van der Waals surface area (Å²) < 4.78 is 2.05. The topological polar surface area (TPSA) is 52.5 Å². The van der Waals surface area contributed by atoms with Gasteiger partial charge in [-0.1, -0.05) is 27.2 Å². The Morgan fingerprint density at radius 3 is 2.48 bits per heavy atom. The predicted molar refractivity (Wildman–Crippen MR) is 82.2 cm³/mol. The van der Waals surface area contributed by atoms with Crippen LogP contribution in [-0.4, -0.2) is 53.4 Å². The minimum absolute atomic E-state index is 0.463. The van der Waals surface area contributed by atoms with Crippen LogP contribution in [0.1, 0.15) is 51.9 Å². The normalized spacial score (nSPS) is 24.4. The highest BCUT2D eigenvalue weighted by Crippen LogP contribution is 2.13. The van der Waals surface area contributed by atoms with E-state index in [-0.39, 0.29) is 0 Å². The second kappa shape index (κ2) is 7.84. The summed E-state index contributed by atoms with van der Waals surface area (Å²) >= 11 is 0. The Bertz CT molecular complexity index is 408. The molecule has 0 amide bonds. The first-order chi connectivity index (χ1) is 10.1. The molecule has 6 heteroatoms. The molecular weight excluding hydrogens is 264 g/mol. The van der Waals surface area contributed by atoms with Gasteiger partial charge in [0.2, 0.25) is 5.82 Å². The number of nitrogens with zero attached hydrogens (tertiary/aromatic N) is 4. The molecule has 21 heavy (non-hydrogen) atoms. The third kappa shape index (κ3) is 4.48. The summed E-state index contributed by atoms with van der Waals surface area (Å²) in [4.78, 5) is 3.32. The van der Waals surface area contributed by atoms with Crippen molar-refractivity contribution in [1.29, 1.82) is 0 Å². The molecule has 1 aromatic heterocycles. The summed E-state index contributed by atoms with van der Waals surface area (Å²) in [6.07, 6.45) is 3.50. The zero-order valence-corrected chi connectivity index (χ0v) is 14.1. The lowest BCUT2D eigenvalue weighted by Crippen LogP contribution is -3.27. The Labute approximate surface area is 128 Å². The molecule has 1 aliphatic rings. The van der Waals surface area contributed by atoms with Crippen molar-refractivity contribution >= 4 is 0 Å². The fourth-order valence-electron chi connectivity index (χ4n) is 3.15. The standard InChI is InChI=1S/C15H30N6/c1-5-6-14(20-11-9-19(4)10-12-20)15-16-17-18-21(15)8-7-13(2)3/h13-14H,5-12H2,1-4H3/p+2/t14-/m0/s1. The Balaban J connectivity index is 2.08. The number of aryl methyl sites for hydroxylation is 1. The highest BCUT2D eigenvalue weighted by atomic mass is 15.5. The van der Waals surface area contributed by atoms with Gasteiger partial charge in [0.05, 0.1) is 7.05 Å². The highest BCUT2D eigenvalue weighted by molar-refractivity contribution is 4.87. The average molecular weight is 296 g/mol. The van der Waals surface area contributed by atoms with Crippen molar-refractivity contribution in [1.82, 2.24) is 20.2 Å². The number of rotatable bonds is 7. The maximum atomic E-state index is 4.38. The van der Waals surface area contributed by atoms with Crippen molar-refractivity contribution in [3.05, 3.63) is 5.82 Å². The van der Waals surface area contributed by atoms with Crippen LogP contribution in [0.4, 0.5) is 0 Å². The Kier molecular flexibility index (Phi) is 6.11. The Morgan fingerprint density at radius 1 is 1.14 bits per heavy atom. The SMILES string of the molecule is CCC[C@@H](c1nnnn1CCC(C)C)[NH+]1CC[NH+](C)CC1. The predicted octanol–water partition coefficient (Wildman–Crippen LogP) is -1.03. The molecule has 1 aromatic rings. The summed E-state index contributed by atoms with van der Waals surface area (Å²) in [7, 11) is 2.29. The smallest absolute Gasteiger partial charge is 0.209 e. The van der Waals surface area contributed by atoms with Crippen molar-refractivity contribution in [2.75, 3.05) is 33.2 Å². The van der Waals surface area contributed by atoms with Crippen LogP contribution in [-0.2, 0) is 6.54 Å². The first-order valence-electron chi connectivity index (χ1n) is 8.53. The fourth-order valence-corrected chi connectivity index (χ4v) is 3.15. The molecule has 1 saturated heterocycles. The van der Waals surface area contributed by atoms with Gasteiger partial charge in [-0.2, -0.15) is 0 Å². The fraction of sp³-hybridized carbons (Fsp3) is 0.933. The maximum Gasteiger partial charge on any atom is 0.209 e. The van der Waals surface area contributed by atoms with E-state index in [9.17, 15) is 0 Å². The molecule has 0 saturated carbocycles. The number of aromatic nitrogens is 4. The molecule has 0 bridgehead atoms. The second-order valence-electron chi connectivity index (χ2n) is 6.90. The quantitative estimate of drug-likeness (QED) is 0.677. The number of piperazine rings is 1. The van der Waals surface area contributed by atoms with Gasteiger partial charge in [-0.15, -0.1) is 5.10 Å². The van der Waals surface area contributed by atoms with E-state index < -0.39 is 0 Å². The minimum atomic E-state index is 0.463. The lowest BCUT2D eigenvalue weighted by molar-refractivity contribution is -1.02. The van der Waals surface area contributed by atoms with E-state index >= 15 is 0 Å². The van der Waals surface area contributed by atoms with Gasteiger partial charge in [0, 0.05) is 13.0 Å². The summed E-state index contributed by atoms with van der Waals surface area (Å²) in [5.74, 6) is 1.79. The van der Waals surface area contributed by atoms with E-state index in [4.69, 9.17) is 0 Å². The number of likely N-dealkylation sites (N-methyl/N-ethyl adjacent to an activating group) is 1. The van der Waals surface area contributed by atoms with Crippen LogP contribution in [0, 0.1) is 5.92 Å². The zero-order chi connectivity index (χ0) is 15.2. The molecule has 0 radical (unpaired) electrons.